The summed E-state index contributed by atoms with van der Waals surface area (Å²) in [6.45, 7) is 1.83. The number of sulfonamides is 1. The third-order valence-corrected chi connectivity index (χ3v) is 8.58. The third kappa shape index (κ3) is 7.66. The smallest absolute Gasteiger partial charge is 0.264 e. The topological polar surface area (TPSA) is 97.3 Å². The van der Waals surface area contributed by atoms with E-state index < -0.39 is 22.5 Å². The standard InChI is InChI=1S/C30H27BrClN3O5S/c1-21-12-14-22(15-13-21)20-40-30-25(31)16-23(17-28(30)39-2)18-33-34-29(36)19-35(27-11-7-6-10-26(27)32)41(37,38)24-8-4-3-5-9-24/h3-18H,19-20H2,1-2H3,(H,34,36)/b33-18-. The number of amides is 1. The highest BCUT2D eigenvalue weighted by Crippen LogP contribution is 2.37. The van der Waals surface area contributed by atoms with Gasteiger partial charge in [-0.1, -0.05) is 71.8 Å². The Balaban J connectivity index is 1.48. The van der Waals surface area contributed by atoms with Crippen LogP contribution in [0.25, 0.3) is 0 Å². The number of hydrogen-bond acceptors (Lipinski definition) is 6. The number of nitrogens with zero attached hydrogens (tertiary/aromatic N) is 2. The van der Waals surface area contributed by atoms with E-state index in [0.717, 1.165) is 15.4 Å². The number of benzene rings is 4. The van der Waals surface area contributed by atoms with E-state index in [1.807, 2.05) is 31.2 Å². The second kappa shape index (κ2) is 13.7. The van der Waals surface area contributed by atoms with Gasteiger partial charge in [0.1, 0.15) is 13.2 Å². The predicted octanol–water partition coefficient (Wildman–Crippen LogP) is 6.34. The molecule has 212 valence electrons. The summed E-state index contributed by atoms with van der Waals surface area (Å²) in [6.07, 6.45) is 1.42. The number of carbonyl (C=O) groups is 1. The Morgan fingerprint density at radius 2 is 1.71 bits per heavy atom. The molecule has 0 aliphatic heterocycles. The average molecular weight is 657 g/mol. The zero-order valence-electron chi connectivity index (χ0n) is 22.3. The van der Waals surface area contributed by atoms with E-state index in [2.05, 4.69) is 26.5 Å². The Morgan fingerprint density at radius 1 is 1.02 bits per heavy atom. The minimum Gasteiger partial charge on any atom is -0.493 e. The van der Waals surface area contributed by atoms with Crippen LogP contribution in [0.4, 0.5) is 5.69 Å². The fourth-order valence-corrected chi connectivity index (χ4v) is 6.14. The van der Waals surface area contributed by atoms with Gasteiger partial charge in [-0.15, -0.1) is 0 Å². The van der Waals surface area contributed by atoms with E-state index >= 15 is 0 Å². The molecule has 0 atom stereocenters. The van der Waals surface area contributed by atoms with Gasteiger partial charge in [-0.25, -0.2) is 13.8 Å². The molecule has 0 saturated heterocycles. The molecule has 11 heteroatoms. The molecule has 8 nitrogen and oxygen atoms in total. The fourth-order valence-electron chi connectivity index (χ4n) is 3.81. The van der Waals surface area contributed by atoms with Crippen LogP contribution in [0.3, 0.4) is 0 Å². The second-order valence-electron chi connectivity index (χ2n) is 8.88. The van der Waals surface area contributed by atoms with Crippen molar-refractivity contribution < 1.29 is 22.7 Å². The molecule has 4 aromatic rings. The highest BCUT2D eigenvalue weighted by atomic mass is 79.9. The lowest BCUT2D eigenvalue weighted by atomic mass is 10.2. The van der Waals surface area contributed by atoms with E-state index in [-0.39, 0.29) is 15.6 Å². The van der Waals surface area contributed by atoms with Crippen molar-refractivity contribution in [1.29, 1.82) is 0 Å². The van der Waals surface area contributed by atoms with E-state index in [0.29, 0.717) is 28.1 Å². The van der Waals surface area contributed by atoms with Crippen LogP contribution in [0.2, 0.25) is 5.02 Å². The van der Waals surface area contributed by atoms with Crippen molar-refractivity contribution >= 4 is 55.4 Å². The van der Waals surface area contributed by atoms with E-state index in [1.165, 1.54) is 31.5 Å². The molecular weight excluding hydrogens is 630 g/mol. The third-order valence-electron chi connectivity index (χ3n) is 5.90. The molecular formula is C30H27BrClN3O5S. The van der Waals surface area contributed by atoms with Gasteiger partial charge in [0.25, 0.3) is 15.9 Å². The molecule has 4 aromatic carbocycles. The maximum absolute atomic E-state index is 13.4. The van der Waals surface area contributed by atoms with E-state index in [1.54, 1.807) is 48.5 Å². The summed E-state index contributed by atoms with van der Waals surface area (Å²) < 4.78 is 39.9. The van der Waals surface area contributed by atoms with Crippen LogP contribution in [0.15, 0.2) is 105 Å². The Hall–Kier alpha value is -3.86. The predicted molar refractivity (Wildman–Crippen MR) is 164 cm³/mol. The maximum atomic E-state index is 13.4. The van der Waals surface area contributed by atoms with Gasteiger partial charge in [-0.05, 0) is 70.4 Å². The Bertz CT molecular complexity index is 1650. The summed E-state index contributed by atoms with van der Waals surface area (Å²) in [7, 11) is -2.57. The van der Waals surface area contributed by atoms with Gasteiger partial charge < -0.3 is 9.47 Å². The monoisotopic (exact) mass is 655 g/mol. The van der Waals surface area contributed by atoms with Crippen molar-refractivity contribution in [2.45, 2.75) is 18.4 Å². The van der Waals surface area contributed by atoms with Crippen molar-refractivity contribution in [3.63, 3.8) is 0 Å². The van der Waals surface area contributed by atoms with Crippen LogP contribution < -0.4 is 19.2 Å². The number of hydrogen-bond donors (Lipinski definition) is 1. The van der Waals surface area contributed by atoms with Crippen LogP contribution in [0.5, 0.6) is 11.5 Å². The summed E-state index contributed by atoms with van der Waals surface area (Å²) in [5.41, 5.74) is 5.35. The lowest BCUT2D eigenvalue weighted by Crippen LogP contribution is -2.39. The first kappa shape index (κ1) is 30.1. The number of nitrogens with one attached hydrogen (secondary N) is 1. The fraction of sp³-hybridized carbons (Fsp3) is 0.133. The van der Waals surface area contributed by atoms with Crippen molar-refractivity contribution in [2.24, 2.45) is 5.10 Å². The van der Waals surface area contributed by atoms with Gasteiger partial charge in [-0.2, -0.15) is 5.10 Å². The number of rotatable bonds is 11. The molecule has 0 radical (unpaired) electrons. The first-order valence-electron chi connectivity index (χ1n) is 12.4. The maximum Gasteiger partial charge on any atom is 0.264 e. The summed E-state index contributed by atoms with van der Waals surface area (Å²) in [6, 6.07) is 25.7. The van der Waals surface area contributed by atoms with Crippen molar-refractivity contribution in [3.05, 3.63) is 117 Å². The lowest BCUT2D eigenvalue weighted by molar-refractivity contribution is -0.119. The minimum atomic E-state index is -4.10. The Labute approximate surface area is 252 Å². The molecule has 4 rings (SSSR count). The molecule has 41 heavy (non-hydrogen) atoms. The minimum absolute atomic E-state index is 0.0258. The lowest BCUT2D eigenvalue weighted by Gasteiger charge is -2.24. The summed E-state index contributed by atoms with van der Waals surface area (Å²) in [5.74, 6) is 0.332. The molecule has 0 unspecified atom stereocenters. The van der Waals surface area contributed by atoms with Crippen molar-refractivity contribution in [2.75, 3.05) is 18.0 Å². The Morgan fingerprint density at radius 3 is 2.39 bits per heavy atom. The highest BCUT2D eigenvalue weighted by molar-refractivity contribution is 9.10. The van der Waals surface area contributed by atoms with Crippen LogP contribution in [-0.2, 0) is 21.4 Å². The van der Waals surface area contributed by atoms with Gasteiger partial charge in [0.05, 0.1) is 33.4 Å². The first-order valence-corrected chi connectivity index (χ1v) is 15.0. The summed E-state index contributed by atoms with van der Waals surface area (Å²) in [5, 5.41) is 4.20. The highest BCUT2D eigenvalue weighted by Gasteiger charge is 2.28. The zero-order valence-corrected chi connectivity index (χ0v) is 25.4. The molecule has 0 bridgehead atoms. The Kier molecular flexibility index (Phi) is 10.0. The summed E-state index contributed by atoms with van der Waals surface area (Å²) in [4.78, 5) is 12.9. The molecule has 0 spiro atoms. The molecule has 0 aliphatic carbocycles. The van der Waals surface area contributed by atoms with Gasteiger partial charge in [0, 0.05) is 0 Å². The van der Waals surface area contributed by atoms with E-state index in [9.17, 15) is 13.2 Å². The van der Waals surface area contributed by atoms with Crippen molar-refractivity contribution in [3.8, 4) is 11.5 Å². The molecule has 0 fully saturated rings. The number of aryl methyl sites for hydroxylation is 1. The molecule has 1 N–H and O–H groups in total. The normalized spacial score (nSPS) is 11.3. The second-order valence-corrected chi connectivity index (χ2v) is 12.0. The van der Waals surface area contributed by atoms with Crippen LogP contribution in [0, 0.1) is 6.92 Å². The quantitative estimate of drug-likeness (QED) is 0.150. The molecule has 0 saturated carbocycles. The van der Waals surface area contributed by atoms with Crippen LogP contribution in [0.1, 0.15) is 16.7 Å². The number of anilines is 1. The number of halogens is 2. The number of ether oxygens (including phenoxy) is 2. The molecule has 0 aromatic heterocycles. The van der Waals surface area contributed by atoms with Gasteiger partial charge in [0.2, 0.25) is 0 Å². The van der Waals surface area contributed by atoms with Crippen LogP contribution in [-0.4, -0.2) is 34.2 Å². The number of methoxy groups -OCH3 is 1. The van der Waals surface area contributed by atoms with Crippen molar-refractivity contribution in [1.82, 2.24) is 5.43 Å². The van der Waals surface area contributed by atoms with Crippen LogP contribution >= 0.6 is 27.5 Å². The van der Waals surface area contributed by atoms with Gasteiger partial charge >= 0.3 is 0 Å². The molecule has 0 heterocycles. The zero-order chi connectivity index (χ0) is 29.4. The SMILES string of the molecule is COc1cc(/C=N\NC(=O)CN(c2ccccc2Cl)S(=O)(=O)c2ccccc2)cc(Br)c1OCc1ccc(C)cc1. The first-order chi connectivity index (χ1) is 19.7. The summed E-state index contributed by atoms with van der Waals surface area (Å²) >= 11 is 9.82. The molecule has 1 amide bonds. The van der Waals surface area contributed by atoms with E-state index in [4.69, 9.17) is 21.1 Å². The largest absolute Gasteiger partial charge is 0.493 e. The number of hydrazone groups is 1. The molecule has 0 aliphatic rings. The van der Waals surface area contributed by atoms with Gasteiger partial charge in [0.15, 0.2) is 11.5 Å². The average Bonchev–Trinajstić information content (AvgIpc) is 2.97. The number of carbonyl (C=O) groups excluding carboxylic acids is 1. The van der Waals surface area contributed by atoms with Gasteiger partial charge in [-0.3, -0.25) is 9.10 Å². The number of para-hydroxylation sites is 1.